The molecule has 2 aliphatic rings. The van der Waals surface area contributed by atoms with Crippen molar-refractivity contribution in [3.63, 3.8) is 0 Å². The summed E-state index contributed by atoms with van der Waals surface area (Å²) in [6.45, 7) is 1.64. The summed E-state index contributed by atoms with van der Waals surface area (Å²) in [6.07, 6.45) is 4.92. The van der Waals surface area contributed by atoms with Gasteiger partial charge in [0.25, 0.3) is 0 Å². The van der Waals surface area contributed by atoms with E-state index in [2.05, 4.69) is 29.2 Å². The normalized spacial score (nSPS) is 16.5. The van der Waals surface area contributed by atoms with Gasteiger partial charge in [0, 0.05) is 29.6 Å². The molecule has 1 fully saturated rings. The molecule has 0 bridgehead atoms. The standard InChI is InChI=1S/C31H28F3NO3S/c32-31(33,34)39-26-11-6-21(7-12-26)27-3-1-2-23-18-24(30(37)38)8-13-28(23)29(27)22-4-9-25(10-5-22)35-16-14-20(19-36)15-17-35/h4-13,18-20H,1-3,14-17H2,(H,37,38). The van der Waals surface area contributed by atoms with Crippen molar-refractivity contribution >= 4 is 40.9 Å². The van der Waals surface area contributed by atoms with Crippen LogP contribution in [-0.4, -0.2) is 36.0 Å². The minimum Gasteiger partial charge on any atom is -0.478 e. The monoisotopic (exact) mass is 551 g/mol. The van der Waals surface area contributed by atoms with Gasteiger partial charge in [-0.15, -0.1) is 0 Å². The summed E-state index contributed by atoms with van der Waals surface area (Å²) in [6, 6.07) is 19.9. The van der Waals surface area contributed by atoms with Crippen molar-refractivity contribution in [1.82, 2.24) is 0 Å². The lowest BCUT2D eigenvalue weighted by Crippen LogP contribution is -2.34. The zero-order valence-corrected chi connectivity index (χ0v) is 22.0. The number of rotatable bonds is 6. The summed E-state index contributed by atoms with van der Waals surface area (Å²) in [5.74, 6) is -0.861. The summed E-state index contributed by atoms with van der Waals surface area (Å²) in [5.41, 5.74) is 2.68. The highest BCUT2D eigenvalue weighted by molar-refractivity contribution is 8.00. The summed E-state index contributed by atoms with van der Waals surface area (Å²) in [5, 5.41) is 9.54. The van der Waals surface area contributed by atoms with Gasteiger partial charge < -0.3 is 14.8 Å². The number of benzene rings is 3. The number of nitrogens with zero attached hydrogens (tertiary/aromatic N) is 1. The topological polar surface area (TPSA) is 57.6 Å². The van der Waals surface area contributed by atoms with Crippen LogP contribution >= 0.6 is 11.8 Å². The van der Waals surface area contributed by atoms with Crippen molar-refractivity contribution in [2.75, 3.05) is 18.0 Å². The number of carboxylic acids is 1. The number of aldehydes is 1. The maximum Gasteiger partial charge on any atom is 0.446 e. The molecule has 3 aromatic rings. The van der Waals surface area contributed by atoms with E-state index in [0.717, 1.165) is 77.7 Å². The first-order chi connectivity index (χ1) is 18.7. The Morgan fingerprint density at radius 2 is 1.59 bits per heavy atom. The molecule has 1 aliphatic heterocycles. The van der Waals surface area contributed by atoms with E-state index >= 15 is 0 Å². The molecule has 4 nitrogen and oxygen atoms in total. The Labute approximate surface area is 229 Å². The molecule has 5 rings (SSSR count). The molecule has 202 valence electrons. The Morgan fingerprint density at radius 3 is 2.21 bits per heavy atom. The number of allylic oxidation sites excluding steroid dienone is 1. The summed E-state index contributed by atoms with van der Waals surface area (Å²) < 4.78 is 38.7. The van der Waals surface area contributed by atoms with Gasteiger partial charge in [0.2, 0.25) is 0 Å². The fraction of sp³-hybridized carbons (Fsp3) is 0.290. The van der Waals surface area contributed by atoms with E-state index in [1.165, 1.54) is 12.1 Å². The molecule has 1 saturated heterocycles. The predicted molar refractivity (Wildman–Crippen MR) is 148 cm³/mol. The number of halogens is 3. The van der Waals surface area contributed by atoms with Gasteiger partial charge in [-0.05, 0) is 114 Å². The average molecular weight is 552 g/mol. The van der Waals surface area contributed by atoms with Crippen molar-refractivity contribution in [3.8, 4) is 0 Å². The highest BCUT2D eigenvalue weighted by atomic mass is 32.2. The molecule has 3 aromatic carbocycles. The van der Waals surface area contributed by atoms with E-state index in [9.17, 15) is 27.9 Å². The molecular formula is C31H28F3NO3S. The quantitative estimate of drug-likeness (QED) is 0.251. The van der Waals surface area contributed by atoms with Gasteiger partial charge in [0.05, 0.1) is 5.56 Å². The summed E-state index contributed by atoms with van der Waals surface area (Å²) in [7, 11) is 0. The third-order valence-corrected chi connectivity index (χ3v) is 8.23. The molecular weight excluding hydrogens is 523 g/mol. The molecule has 0 atom stereocenters. The molecule has 0 saturated carbocycles. The molecule has 8 heteroatoms. The van der Waals surface area contributed by atoms with E-state index in [4.69, 9.17) is 0 Å². The maximum absolute atomic E-state index is 12.9. The van der Waals surface area contributed by atoms with Crippen LogP contribution in [0, 0.1) is 5.92 Å². The zero-order chi connectivity index (χ0) is 27.6. The molecule has 0 radical (unpaired) electrons. The largest absolute Gasteiger partial charge is 0.478 e. The van der Waals surface area contributed by atoms with Crippen molar-refractivity contribution < 1.29 is 27.9 Å². The van der Waals surface area contributed by atoms with Crippen molar-refractivity contribution in [1.29, 1.82) is 0 Å². The smallest absolute Gasteiger partial charge is 0.446 e. The van der Waals surface area contributed by atoms with E-state index in [1.807, 2.05) is 6.07 Å². The van der Waals surface area contributed by atoms with Gasteiger partial charge in [0.15, 0.2) is 0 Å². The van der Waals surface area contributed by atoms with Crippen LogP contribution in [0.15, 0.2) is 71.6 Å². The van der Waals surface area contributed by atoms with Crippen LogP contribution in [0.1, 0.15) is 58.3 Å². The van der Waals surface area contributed by atoms with Gasteiger partial charge >= 0.3 is 11.5 Å². The molecule has 1 N–H and O–H groups in total. The lowest BCUT2D eigenvalue weighted by Gasteiger charge is -2.31. The Hall–Kier alpha value is -3.52. The fourth-order valence-electron chi connectivity index (χ4n) is 5.53. The van der Waals surface area contributed by atoms with E-state index in [-0.39, 0.29) is 28.1 Å². The highest BCUT2D eigenvalue weighted by Crippen LogP contribution is 2.42. The number of anilines is 1. The SMILES string of the molecule is O=CC1CCN(c2ccc(C3=C(c4ccc(SC(F)(F)F)cc4)CCCc4cc(C(=O)O)ccc43)cc2)CC1. The Bertz CT molecular complexity index is 1390. The average Bonchev–Trinajstić information content (AvgIpc) is 3.12. The van der Waals surface area contributed by atoms with Crippen LogP contribution in [0.5, 0.6) is 0 Å². The first-order valence-electron chi connectivity index (χ1n) is 13.0. The first-order valence-corrected chi connectivity index (χ1v) is 13.8. The molecule has 1 aliphatic carbocycles. The van der Waals surface area contributed by atoms with Gasteiger partial charge in [-0.2, -0.15) is 13.2 Å². The Balaban J connectivity index is 1.56. The van der Waals surface area contributed by atoms with Crippen molar-refractivity contribution in [2.24, 2.45) is 5.92 Å². The van der Waals surface area contributed by atoms with Crippen molar-refractivity contribution in [2.45, 2.75) is 42.5 Å². The number of alkyl halides is 3. The fourth-order valence-corrected chi connectivity index (χ4v) is 6.07. The van der Waals surface area contributed by atoms with Crippen LogP contribution in [0.3, 0.4) is 0 Å². The Morgan fingerprint density at radius 1 is 0.923 bits per heavy atom. The van der Waals surface area contributed by atoms with Crippen LogP contribution < -0.4 is 4.90 Å². The Kier molecular flexibility index (Phi) is 7.84. The van der Waals surface area contributed by atoms with Gasteiger partial charge in [-0.25, -0.2) is 4.79 Å². The van der Waals surface area contributed by atoms with Crippen molar-refractivity contribution in [3.05, 3.63) is 94.5 Å². The molecule has 1 heterocycles. The zero-order valence-electron chi connectivity index (χ0n) is 21.2. The molecule has 0 aromatic heterocycles. The van der Waals surface area contributed by atoms with Crippen LogP contribution in [-0.2, 0) is 11.2 Å². The van der Waals surface area contributed by atoms with Crippen LogP contribution in [0.2, 0.25) is 0 Å². The second-order valence-corrected chi connectivity index (χ2v) is 11.1. The number of carboxylic acid groups (broad SMARTS) is 1. The number of hydrogen-bond donors (Lipinski definition) is 1. The lowest BCUT2D eigenvalue weighted by atomic mass is 9.87. The van der Waals surface area contributed by atoms with Gasteiger partial charge in [-0.1, -0.05) is 30.3 Å². The summed E-state index contributed by atoms with van der Waals surface area (Å²) >= 11 is -0.129. The highest BCUT2D eigenvalue weighted by Gasteiger charge is 2.29. The van der Waals surface area contributed by atoms with E-state index < -0.39 is 11.5 Å². The van der Waals surface area contributed by atoms with Crippen LogP contribution in [0.4, 0.5) is 18.9 Å². The predicted octanol–water partition coefficient (Wildman–Crippen LogP) is 7.71. The van der Waals surface area contributed by atoms with Gasteiger partial charge in [-0.3, -0.25) is 0 Å². The molecule has 39 heavy (non-hydrogen) atoms. The van der Waals surface area contributed by atoms with E-state index in [0.29, 0.717) is 12.8 Å². The number of aryl methyl sites for hydroxylation is 1. The third-order valence-electron chi connectivity index (χ3n) is 7.49. The van der Waals surface area contributed by atoms with E-state index in [1.54, 1.807) is 24.3 Å². The van der Waals surface area contributed by atoms with Gasteiger partial charge in [0.1, 0.15) is 6.29 Å². The molecule has 0 unspecified atom stereocenters. The van der Waals surface area contributed by atoms with Crippen LogP contribution in [0.25, 0.3) is 11.1 Å². The first kappa shape index (κ1) is 27.1. The number of carbonyl (C=O) groups is 2. The molecule has 0 amide bonds. The number of fused-ring (bicyclic) bond motifs is 1. The second-order valence-electron chi connectivity index (χ2n) is 9.96. The lowest BCUT2D eigenvalue weighted by molar-refractivity contribution is -0.111. The number of piperidine rings is 1. The number of hydrogen-bond acceptors (Lipinski definition) is 4. The molecule has 0 spiro atoms. The summed E-state index contributed by atoms with van der Waals surface area (Å²) in [4.78, 5) is 25.2. The second kappa shape index (κ2) is 11.3. The number of aromatic carboxylic acids is 1. The third kappa shape index (κ3) is 6.22. The number of carbonyl (C=O) groups excluding carboxylic acids is 1. The maximum atomic E-state index is 12.9. The number of thioether (sulfide) groups is 1. The minimum atomic E-state index is -4.35. The minimum absolute atomic E-state index is 0.118.